The van der Waals surface area contributed by atoms with Crippen molar-refractivity contribution in [1.82, 2.24) is 9.88 Å². The fourth-order valence-electron chi connectivity index (χ4n) is 2.79. The highest BCUT2D eigenvalue weighted by molar-refractivity contribution is 7.16. The third kappa shape index (κ3) is 4.56. The van der Waals surface area contributed by atoms with E-state index < -0.39 is 5.97 Å². The highest BCUT2D eigenvalue weighted by Crippen LogP contribution is 2.31. The van der Waals surface area contributed by atoms with Crippen LogP contribution in [-0.2, 0) is 14.3 Å². The molecule has 7 nitrogen and oxygen atoms in total. The molecule has 2 heterocycles. The van der Waals surface area contributed by atoms with Gasteiger partial charge in [-0.25, -0.2) is 9.78 Å². The lowest BCUT2D eigenvalue weighted by molar-refractivity contribution is -0.128. The van der Waals surface area contributed by atoms with E-state index in [-0.39, 0.29) is 35.8 Å². The van der Waals surface area contributed by atoms with Gasteiger partial charge in [0, 0.05) is 24.4 Å². The standard InChI is InChI=1S/C17H25N3O4S/c1-9(2)7-20-8-11(6-12(20)21)15(22)19-17-18-13(16(23)24-5)14(25-17)10(3)4/h9-11H,6-8H2,1-5H3,(H,18,19,22). The molecule has 1 aliphatic rings. The number of hydrogen-bond acceptors (Lipinski definition) is 6. The molecule has 2 amide bonds. The Kier molecular flexibility index (Phi) is 6.16. The molecule has 2 rings (SSSR count). The first-order valence-corrected chi connectivity index (χ1v) is 9.22. The number of carbonyl (C=O) groups excluding carboxylic acids is 3. The number of anilines is 1. The fourth-order valence-corrected chi connectivity index (χ4v) is 3.75. The number of carbonyl (C=O) groups is 3. The summed E-state index contributed by atoms with van der Waals surface area (Å²) in [5.74, 6) is -0.683. The number of aromatic nitrogens is 1. The van der Waals surface area contributed by atoms with Crippen molar-refractivity contribution in [2.24, 2.45) is 11.8 Å². The van der Waals surface area contributed by atoms with Crippen LogP contribution in [0.5, 0.6) is 0 Å². The van der Waals surface area contributed by atoms with Crippen molar-refractivity contribution in [3.63, 3.8) is 0 Å². The molecule has 0 aromatic carbocycles. The number of amides is 2. The van der Waals surface area contributed by atoms with E-state index in [9.17, 15) is 14.4 Å². The summed E-state index contributed by atoms with van der Waals surface area (Å²) >= 11 is 1.27. The van der Waals surface area contributed by atoms with Crippen LogP contribution in [0.4, 0.5) is 5.13 Å². The Morgan fingerprint density at radius 3 is 2.60 bits per heavy atom. The van der Waals surface area contributed by atoms with Gasteiger partial charge in [0.25, 0.3) is 0 Å². The van der Waals surface area contributed by atoms with Crippen molar-refractivity contribution in [2.45, 2.75) is 40.0 Å². The molecule has 8 heteroatoms. The summed E-state index contributed by atoms with van der Waals surface area (Å²) in [4.78, 5) is 43.1. The summed E-state index contributed by atoms with van der Waals surface area (Å²) in [5.41, 5.74) is 0.238. The second-order valence-corrected chi connectivity index (χ2v) is 7.99. The quantitative estimate of drug-likeness (QED) is 0.781. The molecule has 0 saturated carbocycles. The lowest BCUT2D eigenvalue weighted by Gasteiger charge is -2.18. The second kappa shape index (κ2) is 7.95. The normalized spacial score (nSPS) is 17.5. The Labute approximate surface area is 151 Å². The predicted octanol–water partition coefficient (Wildman–Crippen LogP) is 2.50. The predicted molar refractivity (Wildman–Crippen MR) is 95.7 cm³/mol. The average Bonchev–Trinajstić information content (AvgIpc) is 3.10. The van der Waals surface area contributed by atoms with Gasteiger partial charge in [-0.15, -0.1) is 11.3 Å². The van der Waals surface area contributed by atoms with Gasteiger partial charge in [0.15, 0.2) is 10.8 Å². The molecule has 0 bridgehead atoms. The van der Waals surface area contributed by atoms with Crippen LogP contribution in [-0.4, -0.2) is 47.9 Å². The summed E-state index contributed by atoms with van der Waals surface area (Å²) in [7, 11) is 1.30. The van der Waals surface area contributed by atoms with Crippen LogP contribution >= 0.6 is 11.3 Å². The summed E-state index contributed by atoms with van der Waals surface area (Å²) in [6, 6.07) is 0. The number of likely N-dealkylation sites (tertiary alicyclic amines) is 1. The van der Waals surface area contributed by atoms with Crippen LogP contribution in [0.2, 0.25) is 0 Å². The van der Waals surface area contributed by atoms with Gasteiger partial charge in [0.1, 0.15) is 0 Å². The molecule has 1 aromatic heterocycles. The van der Waals surface area contributed by atoms with E-state index in [4.69, 9.17) is 4.74 Å². The number of nitrogens with zero attached hydrogens (tertiary/aromatic N) is 2. The Morgan fingerprint density at radius 1 is 1.36 bits per heavy atom. The van der Waals surface area contributed by atoms with Crippen LogP contribution in [0.25, 0.3) is 0 Å². The fraction of sp³-hybridized carbons (Fsp3) is 0.647. The van der Waals surface area contributed by atoms with Gasteiger partial charge >= 0.3 is 5.97 Å². The van der Waals surface area contributed by atoms with Gasteiger partial charge in [0.2, 0.25) is 11.8 Å². The topological polar surface area (TPSA) is 88.6 Å². The van der Waals surface area contributed by atoms with Gasteiger partial charge in [-0.05, 0) is 11.8 Å². The highest BCUT2D eigenvalue weighted by Gasteiger charge is 2.35. The number of nitrogens with one attached hydrogen (secondary N) is 1. The van der Waals surface area contributed by atoms with Crippen molar-refractivity contribution < 1.29 is 19.1 Å². The number of rotatable bonds is 6. The second-order valence-electron chi connectivity index (χ2n) is 6.96. The molecule has 0 radical (unpaired) electrons. The third-order valence-corrected chi connectivity index (χ3v) is 5.23. The van der Waals surface area contributed by atoms with Crippen molar-refractivity contribution in [2.75, 3.05) is 25.5 Å². The van der Waals surface area contributed by atoms with Gasteiger partial charge in [-0.3, -0.25) is 9.59 Å². The lowest BCUT2D eigenvalue weighted by Crippen LogP contribution is -2.31. The van der Waals surface area contributed by atoms with Crippen LogP contribution in [0, 0.1) is 11.8 Å². The lowest BCUT2D eigenvalue weighted by atomic mass is 10.1. The highest BCUT2D eigenvalue weighted by atomic mass is 32.1. The molecule has 1 atom stereocenters. The Balaban J connectivity index is 2.08. The minimum atomic E-state index is -0.514. The number of methoxy groups -OCH3 is 1. The molecule has 1 N–H and O–H groups in total. The van der Waals surface area contributed by atoms with Crippen molar-refractivity contribution >= 4 is 34.3 Å². The first-order valence-electron chi connectivity index (χ1n) is 8.40. The molecule has 0 spiro atoms. The summed E-state index contributed by atoms with van der Waals surface area (Å²) in [6.07, 6.45) is 0.213. The number of esters is 1. The monoisotopic (exact) mass is 367 g/mol. The van der Waals surface area contributed by atoms with Crippen molar-refractivity contribution in [3.05, 3.63) is 10.6 Å². The van der Waals surface area contributed by atoms with Gasteiger partial charge in [0.05, 0.1) is 13.0 Å². The zero-order valence-electron chi connectivity index (χ0n) is 15.3. The Bertz CT molecular complexity index is 669. The maximum absolute atomic E-state index is 12.5. The van der Waals surface area contributed by atoms with Crippen LogP contribution in [0.15, 0.2) is 0 Å². The van der Waals surface area contributed by atoms with E-state index in [1.807, 2.05) is 27.7 Å². The van der Waals surface area contributed by atoms with E-state index in [0.29, 0.717) is 24.1 Å². The SMILES string of the molecule is COC(=O)c1nc(NC(=O)C2CC(=O)N(CC(C)C)C2)sc1C(C)C. The minimum absolute atomic E-state index is 0.00566. The maximum Gasteiger partial charge on any atom is 0.357 e. The number of ether oxygens (including phenoxy) is 1. The van der Waals surface area contributed by atoms with Crippen molar-refractivity contribution in [1.29, 1.82) is 0 Å². The van der Waals surface area contributed by atoms with Crippen molar-refractivity contribution in [3.8, 4) is 0 Å². The first-order chi connectivity index (χ1) is 11.7. The average molecular weight is 367 g/mol. The third-order valence-electron chi connectivity index (χ3n) is 3.96. The molecular formula is C17H25N3O4S. The molecule has 1 fully saturated rings. The van der Waals surface area contributed by atoms with E-state index in [1.54, 1.807) is 4.90 Å². The molecule has 1 unspecified atom stereocenters. The molecule has 1 saturated heterocycles. The molecule has 1 aliphatic heterocycles. The van der Waals surface area contributed by atoms with Gasteiger partial charge < -0.3 is 15.0 Å². The van der Waals surface area contributed by atoms with Gasteiger partial charge in [-0.2, -0.15) is 0 Å². The summed E-state index contributed by atoms with van der Waals surface area (Å²) in [5, 5.41) is 3.12. The Morgan fingerprint density at radius 2 is 2.04 bits per heavy atom. The van der Waals surface area contributed by atoms with E-state index in [0.717, 1.165) is 4.88 Å². The van der Waals surface area contributed by atoms with Crippen LogP contribution in [0.3, 0.4) is 0 Å². The van der Waals surface area contributed by atoms with Gasteiger partial charge in [-0.1, -0.05) is 27.7 Å². The first kappa shape index (κ1) is 19.4. The summed E-state index contributed by atoms with van der Waals surface area (Å²) < 4.78 is 4.75. The van der Waals surface area contributed by atoms with Crippen LogP contribution < -0.4 is 5.32 Å². The van der Waals surface area contributed by atoms with E-state index >= 15 is 0 Å². The number of hydrogen-bond donors (Lipinski definition) is 1. The van der Waals surface area contributed by atoms with Crippen LogP contribution in [0.1, 0.15) is 55.4 Å². The molecular weight excluding hydrogens is 342 g/mol. The maximum atomic E-state index is 12.5. The van der Waals surface area contributed by atoms with E-state index in [1.165, 1.54) is 18.4 Å². The number of thiazole rings is 1. The molecule has 138 valence electrons. The largest absolute Gasteiger partial charge is 0.464 e. The zero-order chi connectivity index (χ0) is 18.7. The summed E-state index contributed by atoms with van der Waals surface area (Å²) in [6.45, 7) is 9.06. The zero-order valence-corrected chi connectivity index (χ0v) is 16.1. The smallest absolute Gasteiger partial charge is 0.357 e. The Hall–Kier alpha value is -1.96. The van der Waals surface area contributed by atoms with E-state index in [2.05, 4.69) is 10.3 Å². The molecule has 25 heavy (non-hydrogen) atoms. The molecule has 1 aromatic rings. The minimum Gasteiger partial charge on any atom is -0.464 e. The molecule has 0 aliphatic carbocycles.